The van der Waals surface area contributed by atoms with Crippen molar-refractivity contribution in [3.8, 4) is 0 Å². The lowest BCUT2D eigenvalue weighted by Crippen LogP contribution is -2.27. The van der Waals surface area contributed by atoms with E-state index in [2.05, 4.69) is 15.6 Å². The molecule has 0 spiro atoms. The number of carbonyl (C=O) groups excluding carboxylic acids is 2. The van der Waals surface area contributed by atoms with Crippen molar-refractivity contribution in [1.82, 2.24) is 4.98 Å². The average molecular weight is 379 g/mol. The summed E-state index contributed by atoms with van der Waals surface area (Å²) in [4.78, 5) is 27.9. The van der Waals surface area contributed by atoms with Gasteiger partial charge in [0.05, 0.1) is 11.3 Å². The van der Waals surface area contributed by atoms with Gasteiger partial charge in [-0.25, -0.2) is 0 Å². The number of anilines is 2. The molecular weight excluding hydrogens is 363 g/mol. The van der Waals surface area contributed by atoms with E-state index >= 15 is 0 Å². The minimum Gasteiger partial charge on any atom is -0.368 e. The Morgan fingerprint density at radius 2 is 1.96 bits per heavy atom. The van der Waals surface area contributed by atoms with Crippen molar-refractivity contribution in [2.75, 3.05) is 17.2 Å². The molecule has 1 saturated heterocycles. The smallest absolute Gasteiger partial charge is 0.368 e. The van der Waals surface area contributed by atoms with Crippen LogP contribution in [-0.4, -0.2) is 29.5 Å². The first kappa shape index (κ1) is 18.8. The molecule has 1 aromatic heterocycles. The summed E-state index contributed by atoms with van der Waals surface area (Å²) in [7, 11) is 0. The highest BCUT2D eigenvalue weighted by molar-refractivity contribution is 6.03. The minimum absolute atomic E-state index is 0.0126. The topological polar surface area (TPSA) is 80.3 Å². The van der Waals surface area contributed by atoms with E-state index in [-0.39, 0.29) is 11.4 Å². The van der Waals surface area contributed by atoms with Crippen molar-refractivity contribution < 1.29 is 27.5 Å². The minimum atomic E-state index is -4.72. The van der Waals surface area contributed by atoms with Gasteiger partial charge in [0.25, 0.3) is 11.8 Å². The normalized spacial score (nSPS) is 16.8. The molecular formula is C18H16F3N3O3. The number of carbonyl (C=O) groups is 2. The summed E-state index contributed by atoms with van der Waals surface area (Å²) in [5, 5.41) is 4.63. The largest absolute Gasteiger partial charge is 0.418 e. The Labute approximate surface area is 152 Å². The zero-order valence-corrected chi connectivity index (χ0v) is 14.0. The van der Waals surface area contributed by atoms with Crippen LogP contribution in [0, 0.1) is 0 Å². The van der Waals surface area contributed by atoms with Gasteiger partial charge < -0.3 is 15.4 Å². The molecule has 9 heteroatoms. The molecule has 1 aromatic carbocycles. The Kier molecular flexibility index (Phi) is 5.41. The molecule has 2 amide bonds. The number of rotatable bonds is 4. The molecule has 2 heterocycles. The summed E-state index contributed by atoms with van der Waals surface area (Å²) in [6.45, 7) is 0.449. The van der Waals surface area contributed by atoms with Crippen LogP contribution in [0.4, 0.5) is 24.5 Å². The summed E-state index contributed by atoms with van der Waals surface area (Å²) in [5.41, 5.74) is -1.54. The maximum absolute atomic E-state index is 13.4. The van der Waals surface area contributed by atoms with Gasteiger partial charge in [-0.1, -0.05) is 6.07 Å². The van der Waals surface area contributed by atoms with Gasteiger partial charge in [-0.05, 0) is 43.2 Å². The van der Waals surface area contributed by atoms with E-state index in [1.165, 1.54) is 18.3 Å². The van der Waals surface area contributed by atoms with Crippen LogP contribution in [0.1, 0.15) is 28.9 Å². The lowest BCUT2D eigenvalue weighted by atomic mass is 10.1. The van der Waals surface area contributed by atoms with Crippen LogP contribution < -0.4 is 10.6 Å². The molecule has 1 aliphatic heterocycles. The Hall–Kier alpha value is -2.94. The zero-order chi connectivity index (χ0) is 19.4. The molecule has 1 aliphatic rings. The van der Waals surface area contributed by atoms with Crippen LogP contribution >= 0.6 is 0 Å². The number of benzene rings is 1. The van der Waals surface area contributed by atoms with Crippen molar-refractivity contribution in [2.45, 2.75) is 25.1 Å². The van der Waals surface area contributed by atoms with Gasteiger partial charge in [-0.15, -0.1) is 0 Å². The first-order chi connectivity index (χ1) is 12.8. The van der Waals surface area contributed by atoms with E-state index in [1.807, 2.05) is 0 Å². The van der Waals surface area contributed by atoms with Crippen molar-refractivity contribution in [2.24, 2.45) is 0 Å². The second-order valence-corrected chi connectivity index (χ2v) is 5.92. The summed E-state index contributed by atoms with van der Waals surface area (Å²) in [6.07, 6.45) is -2.77. The first-order valence-electron chi connectivity index (χ1n) is 8.21. The fourth-order valence-electron chi connectivity index (χ4n) is 2.66. The van der Waals surface area contributed by atoms with Gasteiger partial charge in [0.15, 0.2) is 0 Å². The molecule has 3 rings (SSSR count). The molecule has 2 N–H and O–H groups in total. The molecule has 0 unspecified atom stereocenters. The van der Waals surface area contributed by atoms with Gasteiger partial charge in [-0.3, -0.25) is 14.6 Å². The summed E-state index contributed by atoms with van der Waals surface area (Å²) < 4.78 is 45.5. The maximum atomic E-state index is 13.4. The van der Waals surface area contributed by atoms with E-state index in [0.717, 1.165) is 18.6 Å². The second-order valence-electron chi connectivity index (χ2n) is 5.92. The predicted octanol–water partition coefficient (Wildman–Crippen LogP) is 3.47. The van der Waals surface area contributed by atoms with Gasteiger partial charge in [0.1, 0.15) is 11.8 Å². The second kappa shape index (κ2) is 7.75. The third-order valence-electron chi connectivity index (χ3n) is 3.96. The molecule has 0 bridgehead atoms. The Morgan fingerprint density at radius 3 is 2.59 bits per heavy atom. The third-order valence-corrected chi connectivity index (χ3v) is 3.96. The predicted molar refractivity (Wildman–Crippen MR) is 91.2 cm³/mol. The summed E-state index contributed by atoms with van der Waals surface area (Å²) in [5.74, 6) is -1.26. The lowest BCUT2D eigenvalue weighted by molar-refractivity contribution is -0.137. The molecule has 142 valence electrons. The van der Waals surface area contributed by atoms with E-state index in [1.54, 1.807) is 12.1 Å². The molecule has 0 aliphatic carbocycles. The zero-order valence-electron chi connectivity index (χ0n) is 14.0. The highest BCUT2D eigenvalue weighted by Crippen LogP contribution is 2.37. The van der Waals surface area contributed by atoms with Crippen molar-refractivity contribution in [3.05, 3.63) is 53.9 Å². The number of amides is 2. The number of nitrogens with zero attached hydrogens (tertiary/aromatic N) is 1. The molecule has 1 atom stereocenters. The monoisotopic (exact) mass is 379 g/mol. The molecule has 2 aromatic rings. The number of hydrogen-bond acceptors (Lipinski definition) is 4. The van der Waals surface area contributed by atoms with Gasteiger partial charge in [0, 0.05) is 18.5 Å². The number of aromatic nitrogens is 1. The van der Waals surface area contributed by atoms with Crippen LogP contribution in [0.2, 0.25) is 0 Å². The fraction of sp³-hybridized carbons (Fsp3) is 0.278. The molecule has 27 heavy (non-hydrogen) atoms. The Balaban J connectivity index is 1.82. The van der Waals surface area contributed by atoms with E-state index < -0.39 is 35.3 Å². The Bertz CT molecular complexity index is 835. The number of hydrogen-bond donors (Lipinski definition) is 2. The van der Waals surface area contributed by atoms with Crippen molar-refractivity contribution >= 4 is 23.2 Å². The number of pyridine rings is 1. The van der Waals surface area contributed by atoms with Crippen LogP contribution in [-0.2, 0) is 15.7 Å². The highest BCUT2D eigenvalue weighted by Gasteiger charge is 2.35. The Morgan fingerprint density at radius 1 is 1.15 bits per heavy atom. The number of alkyl halides is 3. The lowest BCUT2D eigenvalue weighted by Gasteiger charge is -2.16. The van der Waals surface area contributed by atoms with Crippen LogP contribution in [0.5, 0.6) is 0 Å². The van der Waals surface area contributed by atoms with Gasteiger partial charge in [0.2, 0.25) is 0 Å². The average Bonchev–Trinajstić information content (AvgIpc) is 3.17. The number of ether oxygens (including phenoxy) is 1. The van der Waals surface area contributed by atoms with Gasteiger partial charge in [-0.2, -0.15) is 13.2 Å². The molecule has 0 saturated carbocycles. The van der Waals surface area contributed by atoms with Crippen molar-refractivity contribution in [1.29, 1.82) is 0 Å². The van der Waals surface area contributed by atoms with Crippen LogP contribution in [0.15, 0.2) is 42.6 Å². The fourth-order valence-corrected chi connectivity index (χ4v) is 2.66. The van der Waals surface area contributed by atoms with Crippen LogP contribution in [0.3, 0.4) is 0 Å². The van der Waals surface area contributed by atoms with Crippen molar-refractivity contribution in [3.63, 3.8) is 0 Å². The highest BCUT2D eigenvalue weighted by atomic mass is 19.4. The van der Waals surface area contributed by atoms with E-state index in [9.17, 15) is 22.8 Å². The first-order valence-corrected chi connectivity index (χ1v) is 8.21. The summed E-state index contributed by atoms with van der Waals surface area (Å²) >= 11 is 0. The molecule has 1 fully saturated rings. The van der Waals surface area contributed by atoms with Crippen LogP contribution in [0.25, 0.3) is 0 Å². The van der Waals surface area contributed by atoms with E-state index in [0.29, 0.717) is 13.0 Å². The van der Waals surface area contributed by atoms with E-state index in [4.69, 9.17) is 4.74 Å². The standard InChI is InChI=1S/C18H16F3N3O3/c19-18(20,21)12-10-11(23-17(26)15-5-3-9-27-15)6-7-13(12)24-16(25)14-4-1-2-8-22-14/h1-2,4,6-8,10,15H,3,5,9H2,(H,23,26)(H,24,25)/t15-/m0/s1. The van der Waals surface area contributed by atoms with Gasteiger partial charge >= 0.3 is 6.18 Å². The number of halogens is 3. The number of nitrogens with one attached hydrogen (secondary N) is 2. The third kappa shape index (κ3) is 4.62. The molecule has 0 radical (unpaired) electrons. The quantitative estimate of drug-likeness (QED) is 0.853. The maximum Gasteiger partial charge on any atom is 0.418 e. The summed E-state index contributed by atoms with van der Waals surface area (Å²) in [6, 6.07) is 7.68. The molecule has 6 nitrogen and oxygen atoms in total. The SMILES string of the molecule is O=C(Nc1ccc(NC(=O)[C@@H]2CCCO2)cc1C(F)(F)F)c1ccccn1.